The van der Waals surface area contributed by atoms with E-state index in [1.165, 1.54) is 13.2 Å². The molecule has 0 amide bonds. The first-order chi connectivity index (χ1) is 12.3. The van der Waals surface area contributed by atoms with Crippen molar-refractivity contribution in [2.75, 3.05) is 13.7 Å². The summed E-state index contributed by atoms with van der Waals surface area (Å²) in [6.07, 6.45) is 1.78. The van der Waals surface area contributed by atoms with Gasteiger partial charge in [-0.3, -0.25) is 4.79 Å². The van der Waals surface area contributed by atoms with Gasteiger partial charge in [0.25, 0.3) is 0 Å². The average molecular weight is 362 g/mol. The second kappa shape index (κ2) is 8.27. The van der Waals surface area contributed by atoms with Crippen LogP contribution >= 0.6 is 0 Å². The summed E-state index contributed by atoms with van der Waals surface area (Å²) < 4.78 is 10.9. The Bertz CT molecular complexity index is 851. The standard InChI is InChI=1S/C20H26O6/c1-5-13(6-7-14(10-21)12(3)25-4)20-19(24)18(23)17-15(22)8-11(2)9-16(17)26-20/h8-9,13-14,21-22,24H,3,5-7,10H2,1-2,4H3. The zero-order valence-corrected chi connectivity index (χ0v) is 15.4. The van der Waals surface area contributed by atoms with Crippen LogP contribution in [0.25, 0.3) is 11.0 Å². The van der Waals surface area contributed by atoms with Crippen LogP contribution in [0.1, 0.15) is 43.4 Å². The van der Waals surface area contributed by atoms with Gasteiger partial charge in [0.05, 0.1) is 19.5 Å². The van der Waals surface area contributed by atoms with Crippen LogP contribution in [0.3, 0.4) is 0 Å². The summed E-state index contributed by atoms with van der Waals surface area (Å²) in [5.74, 6) is -0.431. The van der Waals surface area contributed by atoms with E-state index in [0.29, 0.717) is 25.0 Å². The predicted molar refractivity (Wildman–Crippen MR) is 99.5 cm³/mol. The molecule has 2 unspecified atom stereocenters. The molecule has 0 saturated carbocycles. The van der Waals surface area contributed by atoms with Gasteiger partial charge in [0.15, 0.2) is 5.76 Å². The van der Waals surface area contributed by atoms with E-state index in [4.69, 9.17) is 9.15 Å². The molecule has 0 spiro atoms. The summed E-state index contributed by atoms with van der Waals surface area (Å²) in [6, 6.07) is 3.12. The lowest BCUT2D eigenvalue weighted by atomic mass is 9.91. The Morgan fingerprint density at radius 2 is 2.00 bits per heavy atom. The van der Waals surface area contributed by atoms with E-state index in [1.807, 2.05) is 6.92 Å². The number of benzene rings is 1. The second-order valence-electron chi connectivity index (χ2n) is 6.53. The summed E-state index contributed by atoms with van der Waals surface area (Å²) in [7, 11) is 1.51. The van der Waals surface area contributed by atoms with Crippen LogP contribution < -0.4 is 5.43 Å². The molecule has 0 aliphatic rings. The third-order valence-electron chi connectivity index (χ3n) is 4.79. The molecule has 2 atom stereocenters. The fraction of sp³-hybridized carbons (Fsp3) is 0.450. The second-order valence-corrected chi connectivity index (χ2v) is 6.53. The molecule has 6 nitrogen and oxygen atoms in total. The normalized spacial score (nSPS) is 13.5. The Labute approximate surface area is 152 Å². The highest BCUT2D eigenvalue weighted by atomic mass is 16.5. The van der Waals surface area contributed by atoms with E-state index in [-0.39, 0.29) is 40.9 Å². The highest BCUT2D eigenvalue weighted by Gasteiger charge is 2.24. The van der Waals surface area contributed by atoms with E-state index >= 15 is 0 Å². The quantitative estimate of drug-likeness (QED) is 0.621. The molecule has 0 bridgehead atoms. The third kappa shape index (κ3) is 3.85. The number of aliphatic hydroxyl groups is 1. The summed E-state index contributed by atoms with van der Waals surface area (Å²) >= 11 is 0. The van der Waals surface area contributed by atoms with Crippen molar-refractivity contribution >= 4 is 11.0 Å². The molecule has 6 heteroatoms. The molecule has 2 aromatic rings. The van der Waals surface area contributed by atoms with Crippen molar-refractivity contribution in [2.45, 2.75) is 39.0 Å². The van der Waals surface area contributed by atoms with Crippen molar-refractivity contribution in [3.8, 4) is 11.5 Å². The number of ether oxygens (including phenoxy) is 1. The van der Waals surface area contributed by atoms with Gasteiger partial charge < -0.3 is 24.5 Å². The first-order valence-electron chi connectivity index (χ1n) is 8.66. The molecule has 26 heavy (non-hydrogen) atoms. The number of methoxy groups -OCH3 is 1. The topological polar surface area (TPSA) is 100 Å². The molecule has 0 aliphatic carbocycles. The number of fused-ring (bicyclic) bond motifs is 1. The number of hydrogen-bond donors (Lipinski definition) is 3. The first-order valence-corrected chi connectivity index (χ1v) is 8.66. The van der Waals surface area contributed by atoms with Crippen LogP contribution in [0, 0.1) is 12.8 Å². The van der Waals surface area contributed by atoms with E-state index in [9.17, 15) is 20.1 Å². The van der Waals surface area contributed by atoms with E-state index in [1.54, 1.807) is 13.0 Å². The molecule has 142 valence electrons. The zero-order chi connectivity index (χ0) is 19.4. The monoisotopic (exact) mass is 362 g/mol. The van der Waals surface area contributed by atoms with Gasteiger partial charge in [0, 0.05) is 11.8 Å². The summed E-state index contributed by atoms with van der Waals surface area (Å²) in [5, 5.41) is 29.9. The van der Waals surface area contributed by atoms with Crippen LogP contribution in [0.5, 0.6) is 11.5 Å². The van der Waals surface area contributed by atoms with Gasteiger partial charge in [0.1, 0.15) is 16.7 Å². The van der Waals surface area contributed by atoms with Crippen LogP contribution in [0.15, 0.2) is 33.7 Å². The number of phenols is 1. The van der Waals surface area contributed by atoms with Gasteiger partial charge in [-0.05, 0) is 43.9 Å². The van der Waals surface area contributed by atoms with E-state index in [0.717, 1.165) is 5.56 Å². The number of rotatable bonds is 8. The maximum Gasteiger partial charge on any atom is 0.238 e. The molecule has 1 heterocycles. The SMILES string of the molecule is C=C(OC)C(CO)CCC(CC)c1oc2cc(C)cc(O)c2c(=O)c1O. The Morgan fingerprint density at radius 1 is 1.31 bits per heavy atom. The van der Waals surface area contributed by atoms with Crippen LogP contribution in [0.2, 0.25) is 0 Å². The molecule has 0 saturated heterocycles. The Morgan fingerprint density at radius 3 is 2.58 bits per heavy atom. The molecule has 0 radical (unpaired) electrons. The molecular formula is C20H26O6. The van der Waals surface area contributed by atoms with Gasteiger partial charge >= 0.3 is 0 Å². The van der Waals surface area contributed by atoms with Crippen molar-refractivity contribution in [2.24, 2.45) is 5.92 Å². The maximum atomic E-state index is 12.5. The van der Waals surface area contributed by atoms with Gasteiger partial charge in [0.2, 0.25) is 11.2 Å². The minimum atomic E-state index is -0.641. The van der Waals surface area contributed by atoms with Crippen molar-refractivity contribution in [1.29, 1.82) is 0 Å². The number of aryl methyl sites for hydroxylation is 1. The van der Waals surface area contributed by atoms with Gasteiger partial charge in [-0.2, -0.15) is 0 Å². The molecule has 1 aromatic heterocycles. The lowest BCUT2D eigenvalue weighted by Gasteiger charge is -2.20. The summed E-state index contributed by atoms with van der Waals surface area (Å²) in [5.41, 5.74) is 0.357. The average Bonchev–Trinajstić information content (AvgIpc) is 2.61. The van der Waals surface area contributed by atoms with Crippen LogP contribution in [0.4, 0.5) is 0 Å². The number of aromatic hydroxyl groups is 2. The van der Waals surface area contributed by atoms with Gasteiger partial charge in [-0.25, -0.2) is 0 Å². The number of aliphatic hydroxyl groups excluding tert-OH is 1. The Hall–Kier alpha value is -2.47. The summed E-state index contributed by atoms with van der Waals surface area (Å²) in [4.78, 5) is 12.5. The fourth-order valence-corrected chi connectivity index (χ4v) is 3.16. The molecule has 2 rings (SSSR count). The minimum absolute atomic E-state index is 0.0206. The van der Waals surface area contributed by atoms with Crippen molar-refractivity contribution in [1.82, 2.24) is 0 Å². The molecule has 3 N–H and O–H groups in total. The van der Waals surface area contributed by atoms with Gasteiger partial charge in [-0.1, -0.05) is 13.5 Å². The molecule has 0 aliphatic heterocycles. The summed E-state index contributed by atoms with van der Waals surface area (Å²) in [6.45, 7) is 7.40. The third-order valence-corrected chi connectivity index (χ3v) is 4.79. The number of hydrogen-bond acceptors (Lipinski definition) is 6. The predicted octanol–water partition coefficient (Wildman–Crippen LogP) is 3.56. The van der Waals surface area contributed by atoms with Crippen LogP contribution in [-0.4, -0.2) is 29.0 Å². The van der Waals surface area contributed by atoms with Crippen LogP contribution in [-0.2, 0) is 4.74 Å². The minimum Gasteiger partial charge on any atom is -0.507 e. The lowest BCUT2D eigenvalue weighted by Crippen LogP contribution is -2.13. The molecule has 0 fully saturated rings. The van der Waals surface area contributed by atoms with Crippen molar-refractivity contribution in [3.05, 3.63) is 46.0 Å². The Kier molecular flexibility index (Phi) is 6.32. The van der Waals surface area contributed by atoms with Crippen molar-refractivity contribution in [3.63, 3.8) is 0 Å². The maximum absolute atomic E-state index is 12.5. The zero-order valence-electron chi connectivity index (χ0n) is 15.4. The Balaban J connectivity index is 2.41. The molecular weight excluding hydrogens is 336 g/mol. The highest BCUT2D eigenvalue weighted by Crippen LogP contribution is 2.36. The molecule has 1 aromatic carbocycles. The number of phenolic OH excluding ortho intramolecular Hbond substituents is 1. The largest absolute Gasteiger partial charge is 0.507 e. The first kappa shape index (κ1) is 19.8. The smallest absolute Gasteiger partial charge is 0.238 e. The van der Waals surface area contributed by atoms with Crippen molar-refractivity contribution < 1.29 is 24.5 Å². The van der Waals surface area contributed by atoms with E-state index < -0.39 is 11.2 Å². The highest BCUT2D eigenvalue weighted by molar-refractivity contribution is 5.85. The lowest BCUT2D eigenvalue weighted by molar-refractivity contribution is 0.166. The fourth-order valence-electron chi connectivity index (χ4n) is 3.16. The van der Waals surface area contributed by atoms with E-state index in [2.05, 4.69) is 6.58 Å². The van der Waals surface area contributed by atoms with Gasteiger partial charge in [-0.15, -0.1) is 0 Å².